The van der Waals surface area contributed by atoms with Crippen molar-refractivity contribution in [1.82, 2.24) is 10.2 Å². The molecule has 0 aliphatic carbocycles. The maximum absolute atomic E-state index is 13.1. The number of nitrogens with one attached hydrogen (secondary N) is 1. The lowest BCUT2D eigenvalue weighted by Crippen LogP contribution is -2.44. The summed E-state index contributed by atoms with van der Waals surface area (Å²) in [5.74, 6) is -1.58. The van der Waals surface area contributed by atoms with Gasteiger partial charge in [-0.25, -0.2) is 4.79 Å². The van der Waals surface area contributed by atoms with E-state index in [0.717, 1.165) is 16.7 Å². The number of fused-ring (bicyclic) bond motifs is 1. The first kappa shape index (κ1) is 19.6. The number of carboxylic acids is 1. The Hall–Kier alpha value is -3.15. The van der Waals surface area contributed by atoms with Gasteiger partial charge in [-0.1, -0.05) is 54.1 Å². The predicted molar refractivity (Wildman–Crippen MR) is 105 cm³/mol. The van der Waals surface area contributed by atoms with Gasteiger partial charge in [0, 0.05) is 13.5 Å². The van der Waals surface area contributed by atoms with Crippen LogP contribution in [0.3, 0.4) is 0 Å². The molecule has 28 heavy (non-hydrogen) atoms. The van der Waals surface area contributed by atoms with Crippen molar-refractivity contribution in [2.24, 2.45) is 0 Å². The molecule has 1 aliphatic heterocycles. The van der Waals surface area contributed by atoms with Gasteiger partial charge in [-0.05, 0) is 30.0 Å². The second-order valence-electron chi connectivity index (χ2n) is 7.14. The number of aryl methyl sites for hydroxylation is 1. The van der Waals surface area contributed by atoms with Crippen LogP contribution in [-0.4, -0.2) is 34.3 Å². The molecular weight excluding hydrogens is 356 g/mol. The minimum atomic E-state index is -1.05. The summed E-state index contributed by atoms with van der Waals surface area (Å²) in [7, 11) is 0. The number of carboxylic acid groups (broad SMARTS) is 1. The quantitative estimate of drug-likeness (QED) is 0.835. The van der Waals surface area contributed by atoms with Crippen molar-refractivity contribution in [2.75, 3.05) is 6.54 Å². The Balaban J connectivity index is 1.85. The van der Waals surface area contributed by atoms with Crippen LogP contribution in [0.2, 0.25) is 0 Å². The topological polar surface area (TPSA) is 86.7 Å². The van der Waals surface area contributed by atoms with Crippen molar-refractivity contribution in [3.63, 3.8) is 0 Å². The molecule has 3 rings (SSSR count). The van der Waals surface area contributed by atoms with Crippen LogP contribution in [0.1, 0.15) is 47.7 Å². The molecule has 0 fully saturated rings. The van der Waals surface area contributed by atoms with E-state index in [4.69, 9.17) is 0 Å². The van der Waals surface area contributed by atoms with Gasteiger partial charge in [0.15, 0.2) is 6.04 Å². The molecular formula is C22H24N2O4. The van der Waals surface area contributed by atoms with Crippen molar-refractivity contribution < 1.29 is 19.5 Å². The molecule has 2 N–H and O–H groups in total. The summed E-state index contributed by atoms with van der Waals surface area (Å²) in [6.07, 6.45) is 0.621. The highest BCUT2D eigenvalue weighted by Gasteiger charge is 2.36. The maximum Gasteiger partial charge on any atom is 0.331 e. The number of amides is 2. The Labute approximate surface area is 164 Å². The van der Waals surface area contributed by atoms with E-state index in [0.29, 0.717) is 18.5 Å². The number of hydrogen-bond acceptors (Lipinski definition) is 3. The first-order valence-electron chi connectivity index (χ1n) is 9.30. The van der Waals surface area contributed by atoms with Gasteiger partial charge in [0.2, 0.25) is 11.8 Å². The van der Waals surface area contributed by atoms with E-state index < -0.39 is 18.1 Å². The third-order valence-electron chi connectivity index (χ3n) is 5.07. The van der Waals surface area contributed by atoms with Crippen molar-refractivity contribution in [3.05, 3.63) is 70.8 Å². The van der Waals surface area contributed by atoms with E-state index in [-0.39, 0.29) is 18.2 Å². The van der Waals surface area contributed by atoms with Gasteiger partial charge >= 0.3 is 5.97 Å². The number of rotatable bonds is 5. The van der Waals surface area contributed by atoms with Crippen LogP contribution >= 0.6 is 0 Å². The summed E-state index contributed by atoms with van der Waals surface area (Å²) in [6, 6.07) is 13.4. The predicted octanol–water partition coefficient (Wildman–Crippen LogP) is 2.77. The molecule has 1 aliphatic rings. The number of benzene rings is 2. The van der Waals surface area contributed by atoms with E-state index in [1.165, 1.54) is 11.8 Å². The molecule has 2 aromatic rings. The van der Waals surface area contributed by atoms with E-state index >= 15 is 0 Å². The van der Waals surface area contributed by atoms with E-state index in [1.807, 2.05) is 43.3 Å². The van der Waals surface area contributed by atoms with Gasteiger partial charge in [-0.15, -0.1) is 0 Å². The minimum absolute atomic E-state index is 0.00852. The molecule has 6 nitrogen and oxygen atoms in total. The SMILES string of the molecule is CC(=O)NC(CC(=O)N1CCc2ccccc2C1C(=O)O)c1ccc(C)cc1. The standard InChI is InChI=1S/C22H24N2O4/c1-14-7-9-17(10-8-14)19(23-15(2)25)13-20(26)24-12-11-16-5-3-4-6-18(16)21(24)22(27)28/h3-10,19,21H,11-13H2,1-2H3,(H,23,25)(H,27,28). The van der Waals surface area contributed by atoms with E-state index in [2.05, 4.69) is 5.32 Å². The van der Waals surface area contributed by atoms with Crippen molar-refractivity contribution >= 4 is 17.8 Å². The fourth-order valence-electron chi connectivity index (χ4n) is 3.69. The molecule has 0 spiro atoms. The molecule has 2 atom stereocenters. The molecule has 0 bridgehead atoms. The maximum atomic E-state index is 13.1. The summed E-state index contributed by atoms with van der Waals surface area (Å²) >= 11 is 0. The Morgan fingerprint density at radius 1 is 1.14 bits per heavy atom. The smallest absolute Gasteiger partial charge is 0.331 e. The van der Waals surface area contributed by atoms with Gasteiger partial charge in [0.1, 0.15) is 0 Å². The molecule has 0 radical (unpaired) electrons. The van der Waals surface area contributed by atoms with Crippen LogP contribution in [-0.2, 0) is 20.8 Å². The fourth-order valence-corrected chi connectivity index (χ4v) is 3.69. The highest BCUT2D eigenvalue weighted by molar-refractivity contribution is 5.86. The number of carbonyl (C=O) groups excluding carboxylic acids is 2. The van der Waals surface area contributed by atoms with Gasteiger partial charge in [0.05, 0.1) is 12.5 Å². The van der Waals surface area contributed by atoms with Gasteiger partial charge < -0.3 is 15.3 Å². The summed E-state index contributed by atoms with van der Waals surface area (Å²) in [5, 5.41) is 12.6. The highest BCUT2D eigenvalue weighted by Crippen LogP contribution is 2.31. The molecule has 0 saturated heterocycles. The van der Waals surface area contributed by atoms with Crippen LogP contribution in [0.5, 0.6) is 0 Å². The summed E-state index contributed by atoms with van der Waals surface area (Å²) in [5.41, 5.74) is 3.51. The zero-order chi connectivity index (χ0) is 20.3. The summed E-state index contributed by atoms with van der Waals surface area (Å²) in [4.78, 5) is 38.1. The van der Waals surface area contributed by atoms with E-state index in [9.17, 15) is 19.5 Å². The van der Waals surface area contributed by atoms with Crippen LogP contribution in [0.15, 0.2) is 48.5 Å². The molecule has 2 unspecified atom stereocenters. The lowest BCUT2D eigenvalue weighted by atomic mass is 9.91. The number of hydrogen-bond donors (Lipinski definition) is 2. The minimum Gasteiger partial charge on any atom is -0.479 e. The first-order valence-corrected chi connectivity index (χ1v) is 9.30. The Bertz CT molecular complexity index is 892. The van der Waals surface area contributed by atoms with E-state index in [1.54, 1.807) is 12.1 Å². The number of carbonyl (C=O) groups is 3. The average Bonchev–Trinajstić information content (AvgIpc) is 2.66. The van der Waals surface area contributed by atoms with Gasteiger partial charge in [-0.2, -0.15) is 0 Å². The summed E-state index contributed by atoms with van der Waals surface area (Å²) < 4.78 is 0. The van der Waals surface area contributed by atoms with Gasteiger partial charge in [-0.3, -0.25) is 9.59 Å². The third-order valence-corrected chi connectivity index (χ3v) is 5.07. The average molecular weight is 380 g/mol. The normalized spacial score (nSPS) is 16.8. The molecule has 1 heterocycles. The summed E-state index contributed by atoms with van der Waals surface area (Å²) in [6.45, 7) is 3.71. The van der Waals surface area contributed by atoms with Gasteiger partial charge in [0.25, 0.3) is 0 Å². The van der Waals surface area contributed by atoms with Crippen LogP contribution < -0.4 is 5.32 Å². The van der Waals surface area contributed by atoms with Crippen LogP contribution in [0.4, 0.5) is 0 Å². The largest absolute Gasteiger partial charge is 0.479 e. The first-order chi connectivity index (χ1) is 13.4. The highest BCUT2D eigenvalue weighted by atomic mass is 16.4. The fraction of sp³-hybridized carbons (Fsp3) is 0.318. The molecule has 0 saturated carbocycles. The monoisotopic (exact) mass is 380 g/mol. The lowest BCUT2D eigenvalue weighted by Gasteiger charge is -2.35. The zero-order valence-corrected chi connectivity index (χ0v) is 16.0. The van der Waals surface area contributed by atoms with Crippen molar-refractivity contribution in [3.8, 4) is 0 Å². The third kappa shape index (κ3) is 4.22. The zero-order valence-electron chi connectivity index (χ0n) is 16.0. The molecule has 146 valence electrons. The Morgan fingerprint density at radius 3 is 2.46 bits per heavy atom. The Morgan fingerprint density at radius 2 is 1.82 bits per heavy atom. The van der Waals surface area contributed by atoms with Crippen molar-refractivity contribution in [2.45, 2.75) is 38.8 Å². The molecule has 6 heteroatoms. The lowest BCUT2D eigenvalue weighted by molar-refractivity contribution is -0.151. The second-order valence-corrected chi connectivity index (χ2v) is 7.14. The molecule has 0 aromatic heterocycles. The Kier molecular flexibility index (Phi) is 5.78. The van der Waals surface area contributed by atoms with Crippen LogP contribution in [0.25, 0.3) is 0 Å². The van der Waals surface area contributed by atoms with Crippen LogP contribution in [0, 0.1) is 6.92 Å². The number of nitrogens with zero attached hydrogens (tertiary/aromatic N) is 1. The van der Waals surface area contributed by atoms with Crippen molar-refractivity contribution in [1.29, 1.82) is 0 Å². The molecule has 2 amide bonds. The number of aliphatic carboxylic acids is 1. The second kappa shape index (κ2) is 8.25. The molecule has 2 aromatic carbocycles.